The van der Waals surface area contributed by atoms with Crippen LogP contribution in [0.5, 0.6) is 0 Å². The zero-order chi connectivity index (χ0) is 41.9. The Morgan fingerprint density at radius 3 is 1.47 bits per heavy atom. The first kappa shape index (κ1) is 43.8. The summed E-state index contributed by atoms with van der Waals surface area (Å²) in [7, 11) is 2.32. The van der Waals surface area contributed by atoms with Crippen LogP contribution in [-0.4, -0.2) is 144 Å². The van der Waals surface area contributed by atoms with Crippen LogP contribution in [0.1, 0.15) is 57.1 Å². The Bertz CT molecular complexity index is 1630. The van der Waals surface area contributed by atoms with Gasteiger partial charge in [0.15, 0.2) is 0 Å². The van der Waals surface area contributed by atoms with Crippen LogP contribution in [0.4, 0.5) is 21.0 Å². The largest absolute Gasteiger partial charge is 0.453 e. The van der Waals surface area contributed by atoms with Crippen LogP contribution < -0.4 is 21.3 Å². The van der Waals surface area contributed by atoms with Crippen LogP contribution in [0.3, 0.4) is 0 Å². The Morgan fingerprint density at radius 1 is 0.707 bits per heavy atom. The van der Waals surface area contributed by atoms with E-state index in [4.69, 9.17) is 4.74 Å². The normalized spacial score (nSPS) is 21.1. The molecule has 58 heavy (non-hydrogen) atoms. The molecule has 5 rings (SSSR count). The minimum absolute atomic E-state index is 0.175. The van der Waals surface area contributed by atoms with Crippen LogP contribution in [0.2, 0.25) is 0 Å². The van der Waals surface area contributed by atoms with E-state index in [2.05, 4.69) is 35.6 Å². The third-order valence-corrected chi connectivity index (χ3v) is 10.7. The van der Waals surface area contributed by atoms with Crippen molar-refractivity contribution in [1.82, 2.24) is 25.3 Å². The van der Waals surface area contributed by atoms with Gasteiger partial charge in [0.05, 0.1) is 33.0 Å². The van der Waals surface area contributed by atoms with E-state index >= 15 is 0 Å². The third kappa shape index (κ3) is 11.2. The molecule has 7 unspecified atom stereocenters. The number of nitrogens with zero attached hydrogens (tertiary/aromatic N) is 3. The fourth-order valence-electron chi connectivity index (χ4n) is 7.54. The SMILES string of the molecule is COC(=O)NC(C(=O)N1CCCC1C(=O)Nc1ccc(CN(Cc2ccc(NC(=O)C3CCCN3C(=O)C(NC(=O)OC)C(C)O)cc2)C2CCOC2)cc1)C(C)O. The maximum Gasteiger partial charge on any atom is 0.407 e. The van der Waals surface area contributed by atoms with E-state index in [9.17, 15) is 39.0 Å². The number of aliphatic hydroxyl groups is 2. The summed E-state index contributed by atoms with van der Waals surface area (Å²) >= 11 is 0. The average Bonchev–Trinajstić information content (AvgIpc) is 4.02. The summed E-state index contributed by atoms with van der Waals surface area (Å²) in [4.78, 5) is 81.9. The molecule has 0 aromatic heterocycles. The molecule has 0 bridgehead atoms. The molecule has 0 aliphatic carbocycles. The number of carbonyl (C=O) groups excluding carboxylic acids is 6. The highest BCUT2D eigenvalue weighted by molar-refractivity contribution is 5.99. The van der Waals surface area contributed by atoms with Gasteiger partial charge < -0.3 is 55.5 Å². The molecule has 0 saturated carbocycles. The number of hydrogen-bond acceptors (Lipinski definition) is 12. The second-order valence-corrected chi connectivity index (χ2v) is 14.9. The number of methoxy groups -OCH3 is 2. The lowest BCUT2D eigenvalue weighted by molar-refractivity contribution is -0.140. The molecule has 18 nitrogen and oxygen atoms in total. The molecule has 0 radical (unpaired) electrons. The van der Waals surface area contributed by atoms with Crippen molar-refractivity contribution in [1.29, 1.82) is 0 Å². The highest BCUT2D eigenvalue weighted by Gasteiger charge is 2.41. The van der Waals surface area contributed by atoms with Gasteiger partial charge in [-0.1, -0.05) is 24.3 Å². The van der Waals surface area contributed by atoms with Crippen molar-refractivity contribution < 1.29 is 53.2 Å². The fraction of sp³-hybridized carbons (Fsp3) is 0.550. The van der Waals surface area contributed by atoms with E-state index in [-0.39, 0.29) is 17.9 Å². The van der Waals surface area contributed by atoms with E-state index in [1.807, 2.05) is 48.5 Å². The van der Waals surface area contributed by atoms with Gasteiger partial charge >= 0.3 is 12.2 Å². The van der Waals surface area contributed by atoms with Crippen LogP contribution in [0.25, 0.3) is 0 Å². The number of anilines is 2. The van der Waals surface area contributed by atoms with Crippen molar-refractivity contribution in [3.63, 3.8) is 0 Å². The number of carbonyl (C=O) groups is 6. The van der Waals surface area contributed by atoms with Crippen molar-refractivity contribution in [2.75, 3.05) is 51.2 Å². The number of nitrogens with one attached hydrogen (secondary N) is 4. The first-order valence-electron chi connectivity index (χ1n) is 19.6. The molecular weight excluding hydrogens is 754 g/mol. The lowest BCUT2D eigenvalue weighted by Gasteiger charge is -2.30. The lowest BCUT2D eigenvalue weighted by atomic mass is 10.1. The van der Waals surface area contributed by atoms with Crippen LogP contribution in [0.15, 0.2) is 48.5 Å². The zero-order valence-electron chi connectivity index (χ0n) is 33.3. The zero-order valence-corrected chi connectivity index (χ0v) is 33.3. The fourth-order valence-corrected chi connectivity index (χ4v) is 7.54. The molecule has 0 spiro atoms. The maximum atomic E-state index is 13.4. The predicted molar refractivity (Wildman–Crippen MR) is 210 cm³/mol. The molecule has 3 aliphatic heterocycles. The monoisotopic (exact) mass is 809 g/mol. The van der Waals surface area contributed by atoms with Crippen LogP contribution in [0, 0.1) is 0 Å². The Hall–Kier alpha value is -5.30. The molecule has 6 amide bonds. The van der Waals surface area contributed by atoms with Gasteiger partial charge in [-0.25, -0.2) is 9.59 Å². The first-order chi connectivity index (χ1) is 27.8. The van der Waals surface area contributed by atoms with Crippen molar-refractivity contribution in [3.8, 4) is 0 Å². The van der Waals surface area contributed by atoms with Crippen LogP contribution in [-0.2, 0) is 46.5 Å². The molecule has 2 aromatic carbocycles. The number of hydrogen-bond donors (Lipinski definition) is 6. The summed E-state index contributed by atoms with van der Waals surface area (Å²) in [6.07, 6.45) is -1.18. The second-order valence-electron chi connectivity index (χ2n) is 14.9. The lowest BCUT2D eigenvalue weighted by Crippen LogP contribution is -2.56. The summed E-state index contributed by atoms with van der Waals surface area (Å²) in [6.45, 7) is 5.84. The second kappa shape index (κ2) is 20.4. The third-order valence-electron chi connectivity index (χ3n) is 10.7. The van der Waals surface area contributed by atoms with Gasteiger partial charge in [0, 0.05) is 50.2 Å². The van der Waals surface area contributed by atoms with E-state index in [0.717, 1.165) is 31.8 Å². The van der Waals surface area contributed by atoms with Gasteiger partial charge in [-0.3, -0.25) is 24.1 Å². The number of benzene rings is 2. The highest BCUT2D eigenvalue weighted by Crippen LogP contribution is 2.25. The summed E-state index contributed by atoms with van der Waals surface area (Å²) in [5.41, 5.74) is 3.14. The molecule has 18 heteroatoms. The van der Waals surface area contributed by atoms with Gasteiger partial charge in [0.25, 0.3) is 0 Å². The van der Waals surface area contributed by atoms with Gasteiger partial charge in [0.1, 0.15) is 24.2 Å². The molecule has 3 aliphatic rings. The summed E-state index contributed by atoms with van der Waals surface area (Å²) in [6, 6.07) is 11.1. The van der Waals surface area contributed by atoms with Crippen LogP contribution >= 0.6 is 0 Å². The molecule has 7 atom stereocenters. The van der Waals surface area contributed by atoms with Crippen molar-refractivity contribution in [2.24, 2.45) is 0 Å². The van der Waals surface area contributed by atoms with E-state index in [1.165, 1.54) is 23.6 Å². The van der Waals surface area contributed by atoms with Gasteiger partial charge in [-0.05, 0) is 81.3 Å². The Kier molecular flexibility index (Phi) is 15.4. The Balaban J connectivity index is 1.18. The van der Waals surface area contributed by atoms with Gasteiger partial charge in [-0.15, -0.1) is 0 Å². The summed E-state index contributed by atoms with van der Waals surface area (Å²) in [5.74, 6) is -1.85. The van der Waals surface area contributed by atoms with Crippen molar-refractivity contribution in [3.05, 3.63) is 59.7 Å². The number of aliphatic hydroxyl groups excluding tert-OH is 2. The number of likely N-dealkylation sites (tertiary alicyclic amines) is 2. The van der Waals surface area contributed by atoms with Crippen molar-refractivity contribution in [2.45, 2.75) is 101 Å². The van der Waals surface area contributed by atoms with E-state index in [1.54, 1.807) is 0 Å². The maximum absolute atomic E-state index is 13.4. The summed E-state index contributed by atoms with van der Waals surface area (Å²) < 4.78 is 14.9. The minimum atomic E-state index is -1.25. The molecule has 6 N–H and O–H groups in total. The van der Waals surface area contributed by atoms with Crippen molar-refractivity contribution >= 4 is 47.2 Å². The highest BCUT2D eigenvalue weighted by atomic mass is 16.5. The Labute approximate surface area is 337 Å². The number of ether oxygens (including phenoxy) is 3. The minimum Gasteiger partial charge on any atom is -0.453 e. The molecular formula is C40H55N7O11. The standard InChI is InChI=1S/C40H55N7O11/c1-24(48)33(43-39(54)56-3)37(52)46-18-5-7-31(46)35(50)41-28-13-9-26(10-14-28)21-45(30-17-20-58-23-30)22-27-11-15-29(16-12-27)42-36(51)32-8-6-19-47(32)38(53)34(25(2)49)44-40(55)57-4/h9-16,24-25,30-34,48-49H,5-8,17-23H2,1-4H3,(H,41,50)(H,42,51)(H,43,54)(H,44,55). The molecule has 2 aromatic rings. The first-order valence-corrected chi connectivity index (χ1v) is 19.6. The number of alkyl carbamates (subject to hydrolysis) is 2. The summed E-state index contributed by atoms with van der Waals surface area (Å²) in [5, 5.41) is 30.8. The average molecular weight is 810 g/mol. The number of rotatable bonds is 15. The van der Waals surface area contributed by atoms with E-state index < -0.39 is 60.4 Å². The smallest absolute Gasteiger partial charge is 0.407 e. The molecule has 3 heterocycles. The molecule has 3 saturated heterocycles. The van der Waals surface area contributed by atoms with E-state index in [0.29, 0.717) is 76.5 Å². The topological polar surface area (TPSA) is 228 Å². The predicted octanol–water partition coefficient (Wildman–Crippen LogP) is 1.55. The molecule has 3 fully saturated rings. The molecule has 316 valence electrons. The van der Waals surface area contributed by atoms with Gasteiger partial charge in [-0.2, -0.15) is 0 Å². The number of amides is 6. The Morgan fingerprint density at radius 2 is 1.12 bits per heavy atom. The van der Waals surface area contributed by atoms with Gasteiger partial charge in [0.2, 0.25) is 23.6 Å². The quantitative estimate of drug-likeness (QED) is 0.151.